The third-order valence-electron chi connectivity index (χ3n) is 5.36. The van der Waals surface area contributed by atoms with Crippen LogP contribution in [-0.2, 0) is 0 Å². The van der Waals surface area contributed by atoms with Gasteiger partial charge in [0, 0.05) is 32.2 Å². The molecule has 1 amide bonds. The summed E-state index contributed by atoms with van der Waals surface area (Å²) in [5.74, 6) is 1.76. The summed E-state index contributed by atoms with van der Waals surface area (Å²) in [6, 6.07) is 7.16. The van der Waals surface area contributed by atoms with Crippen LogP contribution >= 0.6 is 11.3 Å². The molecule has 0 radical (unpaired) electrons. The molecule has 10 nitrogen and oxygen atoms in total. The number of amides is 1. The Hall–Kier alpha value is -3.15. The van der Waals surface area contributed by atoms with Crippen molar-refractivity contribution < 1.29 is 29.2 Å². The topological polar surface area (TPSA) is 117 Å². The molecular formula is C22H26N4O6S. The van der Waals surface area contributed by atoms with E-state index in [1.807, 2.05) is 27.3 Å². The molecule has 0 bridgehead atoms. The van der Waals surface area contributed by atoms with Gasteiger partial charge in [-0.15, -0.1) is 11.3 Å². The van der Waals surface area contributed by atoms with E-state index < -0.39 is 12.7 Å². The zero-order chi connectivity index (χ0) is 23.4. The summed E-state index contributed by atoms with van der Waals surface area (Å²) < 4.78 is 16.5. The highest BCUT2D eigenvalue weighted by Crippen LogP contribution is 2.36. The van der Waals surface area contributed by atoms with Crippen molar-refractivity contribution >= 4 is 34.1 Å². The van der Waals surface area contributed by atoms with Crippen LogP contribution in [0, 0.1) is 0 Å². The number of aliphatic hydroxyl groups excluding tert-OH is 2. The predicted molar refractivity (Wildman–Crippen MR) is 124 cm³/mol. The van der Waals surface area contributed by atoms with E-state index >= 15 is 0 Å². The van der Waals surface area contributed by atoms with Crippen molar-refractivity contribution in [1.29, 1.82) is 0 Å². The highest BCUT2D eigenvalue weighted by molar-refractivity contribution is 7.12. The summed E-state index contributed by atoms with van der Waals surface area (Å²) in [4.78, 5) is 26.5. The van der Waals surface area contributed by atoms with Crippen molar-refractivity contribution in [3.05, 3.63) is 34.5 Å². The summed E-state index contributed by atoms with van der Waals surface area (Å²) in [5.41, 5.74) is 0.586. The summed E-state index contributed by atoms with van der Waals surface area (Å²) in [5, 5.41) is 21.4. The molecule has 3 aromatic rings. The molecule has 0 spiro atoms. The first-order chi connectivity index (χ1) is 16.0. The average Bonchev–Trinajstić information content (AvgIpc) is 3.40. The smallest absolute Gasteiger partial charge is 0.264 e. The van der Waals surface area contributed by atoms with Gasteiger partial charge in [-0.2, -0.15) is 4.98 Å². The van der Waals surface area contributed by atoms with Crippen LogP contribution in [-0.4, -0.2) is 90.7 Å². The minimum atomic E-state index is -1.04. The number of methoxy groups -OCH3 is 2. The Morgan fingerprint density at radius 1 is 1.15 bits per heavy atom. The molecule has 1 atom stereocenters. The molecule has 1 aliphatic rings. The lowest BCUT2D eigenvalue weighted by Crippen LogP contribution is -2.49. The maximum Gasteiger partial charge on any atom is 0.264 e. The lowest BCUT2D eigenvalue weighted by molar-refractivity contribution is 0.0526. The van der Waals surface area contributed by atoms with Crippen molar-refractivity contribution in [3.8, 4) is 17.4 Å². The van der Waals surface area contributed by atoms with E-state index in [1.54, 1.807) is 19.2 Å². The molecule has 176 valence electrons. The van der Waals surface area contributed by atoms with Gasteiger partial charge in [-0.25, -0.2) is 4.98 Å². The number of ether oxygens (including phenoxy) is 3. The monoisotopic (exact) mass is 474 g/mol. The van der Waals surface area contributed by atoms with Crippen LogP contribution in [0.2, 0.25) is 0 Å². The largest absolute Gasteiger partial charge is 0.493 e. The molecule has 2 N–H and O–H groups in total. The molecular weight excluding hydrogens is 448 g/mol. The number of aliphatic hydroxyl groups is 2. The zero-order valence-electron chi connectivity index (χ0n) is 18.4. The normalized spacial score (nSPS) is 14.9. The third kappa shape index (κ3) is 4.95. The number of carbonyl (C=O) groups is 1. The van der Waals surface area contributed by atoms with Crippen LogP contribution < -0.4 is 19.1 Å². The molecule has 3 heterocycles. The van der Waals surface area contributed by atoms with E-state index in [9.17, 15) is 9.90 Å². The molecule has 1 fully saturated rings. The molecule has 4 rings (SSSR count). The first kappa shape index (κ1) is 23.0. The Balaban J connectivity index is 1.61. The van der Waals surface area contributed by atoms with Crippen molar-refractivity contribution in [2.45, 2.75) is 6.10 Å². The van der Waals surface area contributed by atoms with Gasteiger partial charge in [-0.1, -0.05) is 6.07 Å². The molecule has 1 aliphatic heterocycles. The van der Waals surface area contributed by atoms with Crippen molar-refractivity contribution in [1.82, 2.24) is 14.9 Å². The number of benzene rings is 1. The number of anilines is 1. The number of aromatic nitrogens is 2. The molecule has 1 aromatic carbocycles. The number of hydrogen-bond acceptors (Lipinski definition) is 10. The number of piperazine rings is 1. The average molecular weight is 475 g/mol. The number of hydrogen-bond donors (Lipinski definition) is 2. The van der Waals surface area contributed by atoms with Crippen LogP contribution in [0.25, 0.3) is 10.9 Å². The van der Waals surface area contributed by atoms with E-state index in [0.717, 1.165) is 4.88 Å². The fourth-order valence-electron chi connectivity index (χ4n) is 3.56. The molecule has 33 heavy (non-hydrogen) atoms. The van der Waals surface area contributed by atoms with Crippen LogP contribution in [0.4, 0.5) is 5.95 Å². The molecule has 0 aliphatic carbocycles. The maximum absolute atomic E-state index is 12.6. The van der Waals surface area contributed by atoms with Crippen LogP contribution in [0.5, 0.6) is 17.4 Å². The summed E-state index contributed by atoms with van der Waals surface area (Å²) >= 11 is 1.43. The fourth-order valence-corrected chi connectivity index (χ4v) is 4.25. The van der Waals surface area contributed by atoms with E-state index in [1.165, 1.54) is 18.4 Å². The number of fused-ring (bicyclic) bond motifs is 1. The minimum Gasteiger partial charge on any atom is -0.493 e. The fraction of sp³-hybridized carbons (Fsp3) is 0.409. The van der Waals surface area contributed by atoms with Crippen molar-refractivity contribution in [2.24, 2.45) is 0 Å². The van der Waals surface area contributed by atoms with Gasteiger partial charge in [-0.3, -0.25) is 4.79 Å². The molecule has 0 saturated carbocycles. The molecule has 11 heteroatoms. The Labute approximate surface area is 195 Å². The maximum atomic E-state index is 12.6. The standard InChI is InChI=1S/C22H26N4O6S/c1-30-17-10-15-16(11-18(17)31-2)23-22(24-20(15)32-13-14(28)12-27)26-7-5-25(6-8-26)21(29)19-4-3-9-33-19/h3-4,9-11,14,27-28H,5-8,12-13H2,1-2H3. The van der Waals surface area contributed by atoms with Crippen LogP contribution in [0.3, 0.4) is 0 Å². The number of thiophene rings is 1. The Morgan fingerprint density at radius 3 is 2.52 bits per heavy atom. The zero-order valence-corrected chi connectivity index (χ0v) is 19.2. The molecule has 1 saturated heterocycles. The van der Waals surface area contributed by atoms with E-state index in [2.05, 4.69) is 4.98 Å². The summed E-state index contributed by atoms with van der Waals surface area (Å²) in [7, 11) is 3.08. The van der Waals surface area contributed by atoms with E-state index in [0.29, 0.717) is 54.5 Å². The van der Waals surface area contributed by atoms with Gasteiger partial charge >= 0.3 is 0 Å². The van der Waals surface area contributed by atoms with Gasteiger partial charge < -0.3 is 34.2 Å². The van der Waals surface area contributed by atoms with Gasteiger partial charge in [0.15, 0.2) is 11.5 Å². The van der Waals surface area contributed by atoms with Crippen LogP contribution in [0.1, 0.15) is 9.67 Å². The summed E-state index contributed by atoms with van der Waals surface area (Å²) in [6.07, 6.45) is -1.04. The second-order valence-corrected chi connectivity index (χ2v) is 8.40. The van der Waals surface area contributed by atoms with Gasteiger partial charge in [0.25, 0.3) is 5.91 Å². The predicted octanol–water partition coefficient (Wildman–Crippen LogP) is 1.40. The molecule has 2 aromatic heterocycles. The lowest BCUT2D eigenvalue weighted by Gasteiger charge is -2.34. The summed E-state index contributed by atoms with van der Waals surface area (Å²) in [6.45, 7) is 1.67. The Morgan fingerprint density at radius 2 is 1.88 bits per heavy atom. The van der Waals surface area contributed by atoms with Crippen molar-refractivity contribution in [3.63, 3.8) is 0 Å². The third-order valence-corrected chi connectivity index (χ3v) is 6.22. The van der Waals surface area contributed by atoms with Crippen LogP contribution in [0.15, 0.2) is 29.6 Å². The van der Waals surface area contributed by atoms with E-state index in [-0.39, 0.29) is 18.4 Å². The quantitative estimate of drug-likeness (QED) is 0.500. The van der Waals surface area contributed by atoms with Gasteiger partial charge in [-0.05, 0) is 17.5 Å². The van der Waals surface area contributed by atoms with Crippen molar-refractivity contribution in [2.75, 3.05) is 58.5 Å². The highest BCUT2D eigenvalue weighted by atomic mass is 32.1. The van der Waals surface area contributed by atoms with Gasteiger partial charge in [0.2, 0.25) is 11.8 Å². The first-order valence-corrected chi connectivity index (χ1v) is 11.3. The second kappa shape index (κ2) is 10.2. The SMILES string of the molecule is COc1cc2nc(N3CCN(C(=O)c4cccs4)CC3)nc(OCC(O)CO)c2cc1OC. The Bertz CT molecular complexity index is 1100. The number of carbonyl (C=O) groups excluding carboxylic acids is 1. The Kier molecular flexibility index (Phi) is 7.11. The van der Waals surface area contributed by atoms with E-state index in [4.69, 9.17) is 24.3 Å². The molecule has 1 unspecified atom stereocenters. The minimum absolute atomic E-state index is 0.0305. The highest BCUT2D eigenvalue weighted by Gasteiger charge is 2.25. The number of rotatable bonds is 8. The lowest BCUT2D eigenvalue weighted by atomic mass is 10.2. The first-order valence-electron chi connectivity index (χ1n) is 10.5. The van der Waals surface area contributed by atoms with Gasteiger partial charge in [0.05, 0.1) is 36.6 Å². The number of nitrogens with zero attached hydrogens (tertiary/aromatic N) is 4. The second-order valence-electron chi connectivity index (χ2n) is 7.46. The van der Waals surface area contributed by atoms with Gasteiger partial charge in [0.1, 0.15) is 12.7 Å².